The average molecular weight is 430 g/mol. The normalized spacial score (nSPS) is 18.7. The Balaban J connectivity index is 1.48. The number of alkyl halides is 4. The van der Waals surface area contributed by atoms with Gasteiger partial charge in [-0.25, -0.2) is 4.98 Å². The van der Waals surface area contributed by atoms with Gasteiger partial charge in [-0.2, -0.15) is 13.2 Å². The van der Waals surface area contributed by atoms with E-state index in [-0.39, 0.29) is 11.7 Å². The summed E-state index contributed by atoms with van der Waals surface area (Å²) in [4.78, 5) is 4.38. The highest BCUT2D eigenvalue weighted by Crippen LogP contribution is 2.41. The summed E-state index contributed by atoms with van der Waals surface area (Å²) in [5.74, 6) is 0.735. The molecule has 4 heterocycles. The lowest BCUT2D eigenvalue weighted by molar-refractivity contribution is -0.128. The molecule has 4 aromatic rings. The predicted molar refractivity (Wildman–Crippen MR) is 108 cm³/mol. The minimum Gasteiger partial charge on any atom is -0.301 e. The number of fused-ring (bicyclic) bond motifs is 2. The summed E-state index contributed by atoms with van der Waals surface area (Å²) in [6.45, 7) is 0. The second-order valence-electron chi connectivity index (χ2n) is 7.10. The number of benzene rings is 1. The summed E-state index contributed by atoms with van der Waals surface area (Å²) >= 11 is 6.61. The minimum absolute atomic E-state index is 0.166. The number of hydrogen-bond donors (Lipinski definition) is 0. The lowest BCUT2D eigenvalue weighted by atomic mass is 9.92. The van der Waals surface area contributed by atoms with Crippen molar-refractivity contribution in [1.82, 2.24) is 24.3 Å². The fraction of sp³-hybridized carbons (Fsp3) is 0.190. The molecule has 1 aliphatic heterocycles. The largest absolute Gasteiger partial charge is 0.396 e. The van der Waals surface area contributed by atoms with Crippen LogP contribution < -0.4 is 0 Å². The standard InChI is InChI=1S/C21H15ClF3N5/c22-19-15(7-10-30-18(12-21(23,24)25)27-28-20(19)30)13-4-5-16-14(11-13)6-9-29(16)17-3-1-2-8-26-17/h1-11,15,19H,12H2. The summed E-state index contributed by atoms with van der Waals surface area (Å²) in [6, 6.07) is 13.7. The van der Waals surface area contributed by atoms with Gasteiger partial charge in [0.05, 0.1) is 5.52 Å². The zero-order valence-corrected chi connectivity index (χ0v) is 16.2. The molecule has 0 spiro atoms. The highest BCUT2D eigenvalue weighted by atomic mass is 35.5. The number of nitrogens with zero attached hydrogens (tertiary/aromatic N) is 5. The molecule has 0 saturated carbocycles. The first-order valence-electron chi connectivity index (χ1n) is 9.26. The number of hydrogen-bond acceptors (Lipinski definition) is 3. The predicted octanol–water partition coefficient (Wildman–Crippen LogP) is 5.27. The van der Waals surface area contributed by atoms with Crippen LogP contribution in [0.4, 0.5) is 13.2 Å². The number of allylic oxidation sites excluding steroid dienone is 1. The summed E-state index contributed by atoms with van der Waals surface area (Å²) in [5, 5.41) is 8.01. The van der Waals surface area contributed by atoms with Gasteiger partial charge in [-0.15, -0.1) is 21.8 Å². The lowest BCUT2D eigenvalue weighted by Gasteiger charge is -2.23. The number of halogens is 4. The van der Waals surface area contributed by atoms with Gasteiger partial charge in [0.25, 0.3) is 0 Å². The molecule has 0 fully saturated rings. The average Bonchev–Trinajstić information content (AvgIpc) is 3.32. The molecule has 0 N–H and O–H groups in total. The van der Waals surface area contributed by atoms with Crippen molar-refractivity contribution in [3.05, 3.63) is 78.1 Å². The molecule has 5 nitrogen and oxygen atoms in total. The zero-order chi connectivity index (χ0) is 20.9. The maximum Gasteiger partial charge on any atom is 0.396 e. The van der Waals surface area contributed by atoms with Crippen molar-refractivity contribution in [3.63, 3.8) is 0 Å². The second-order valence-corrected chi connectivity index (χ2v) is 7.57. The highest BCUT2D eigenvalue weighted by Gasteiger charge is 2.35. The van der Waals surface area contributed by atoms with Gasteiger partial charge in [0, 0.05) is 29.9 Å². The molecular formula is C21H15ClF3N5. The van der Waals surface area contributed by atoms with Crippen molar-refractivity contribution in [2.24, 2.45) is 0 Å². The summed E-state index contributed by atoms with van der Waals surface area (Å²) in [7, 11) is 0. The minimum atomic E-state index is -4.36. The molecule has 1 aliphatic rings. The van der Waals surface area contributed by atoms with Gasteiger partial charge < -0.3 is 4.57 Å². The van der Waals surface area contributed by atoms with Crippen molar-refractivity contribution in [2.75, 3.05) is 0 Å². The van der Waals surface area contributed by atoms with E-state index in [0.717, 1.165) is 22.3 Å². The summed E-state index contributed by atoms with van der Waals surface area (Å²) in [6.07, 6.45) is 1.55. The van der Waals surface area contributed by atoms with Crippen LogP contribution in [-0.2, 0) is 6.42 Å². The Morgan fingerprint density at radius 2 is 1.93 bits per heavy atom. The van der Waals surface area contributed by atoms with Gasteiger partial charge in [-0.05, 0) is 35.9 Å². The molecule has 3 aromatic heterocycles. The van der Waals surface area contributed by atoms with E-state index in [1.54, 1.807) is 18.5 Å². The van der Waals surface area contributed by atoms with Crippen molar-refractivity contribution < 1.29 is 13.2 Å². The third kappa shape index (κ3) is 3.27. The third-order valence-electron chi connectivity index (χ3n) is 5.15. The monoisotopic (exact) mass is 429 g/mol. The number of pyridine rings is 1. The van der Waals surface area contributed by atoms with Crippen molar-refractivity contribution in [1.29, 1.82) is 0 Å². The van der Waals surface area contributed by atoms with Crippen LogP contribution >= 0.6 is 11.6 Å². The second kappa shape index (κ2) is 6.98. The maximum atomic E-state index is 12.8. The first kappa shape index (κ1) is 18.9. The van der Waals surface area contributed by atoms with E-state index in [2.05, 4.69) is 15.2 Å². The fourth-order valence-electron chi connectivity index (χ4n) is 3.77. The Labute approximate surface area is 174 Å². The molecule has 0 amide bonds. The van der Waals surface area contributed by atoms with Crippen molar-refractivity contribution >= 4 is 28.7 Å². The van der Waals surface area contributed by atoms with Crippen LogP contribution in [0.5, 0.6) is 0 Å². The van der Waals surface area contributed by atoms with Crippen LogP contribution in [0.3, 0.4) is 0 Å². The van der Waals surface area contributed by atoms with E-state index in [9.17, 15) is 13.2 Å². The van der Waals surface area contributed by atoms with Crippen LogP contribution in [-0.4, -0.2) is 30.5 Å². The Bertz CT molecular complexity index is 1240. The van der Waals surface area contributed by atoms with E-state index in [1.165, 1.54) is 4.57 Å². The molecule has 2 atom stereocenters. The van der Waals surface area contributed by atoms with E-state index in [1.807, 2.05) is 53.2 Å². The lowest BCUT2D eigenvalue weighted by Crippen LogP contribution is -2.18. The van der Waals surface area contributed by atoms with Gasteiger partial charge >= 0.3 is 6.18 Å². The molecule has 0 aliphatic carbocycles. The fourth-order valence-corrected chi connectivity index (χ4v) is 4.15. The third-order valence-corrected chi connectivity index (χ3v) is 5.62. The molecule has 5 rings (SSSR count). The molecule has 0 radical (unpaired) electrons. The highest BCUT2D eigenvalue weighted by molar-refractivity contribution is 6.21. The van der Waals surface area contributed by atoms with Crippen LogP contribution in [0.2, 0.25) is 0 Å². The van der Waals surface area contributed by atoms with E-state index < -0.39 is 18.0 Å². The zero-order valence-electron chi connectivity index (χ0n) is 15.5. The van der Waals surface area contributed by atoms with Crippen LogP contribution in [0.25, 0.3) is 22.9 Å². The Hall–Kier alpha value is -3.13. The first-order valence-corrected chi connectivity index (χ1v) is 9.69. The van der Waals surface area contributed by atoms with Gasteiger partial charge in [0.15, 0.2) is 5.82 Å². The van der Waals surface area contributed by atoms with Gasteiger partial charge in [0.1, 0.15) is 23.4 Å². The summed E-state index contributed by atoms with van der Waals surface area (Å²) < 4.78 is 41.6. The van der Waals surface area contributed by atoms with Crippen LogP contribution in [0.15, 0.2) is 60.9 Å². The van der Waals surface area contributed by atoms with E-state index in [4.69, 9.17) is 11.6 Å². The topological polar surface area (TPSA) is 48.5 Å². The van der Waals surface area contributed by atoms with Gasteiger partial charge in [-0.3, -0.25) is 4.57 Å². The maximum absolute atomic E-state index is 12.8. The molecule has 152 valence electrons. The van der Waals surface area contributed by atoms with Crippen LogP contribution in [0, 0.1) is 0 Å². The van der Waals surface area contributed by atoms with E-state index in [0.29, 0.717) is 5.82 Å². The first-order chi connectivity index (χ1) is 14.4. The van der Waals surface area contributed by atoms with E-state index >= 15 is 0 Å². The molecule has 9 heteroatoms. The Kier molecular flexibility index (Phi) is 4.39. The molecule has 0 bridgehead atoms. The SMILES string of the molecule is FC(F)(F)Cc1nnc2n1C=CC(c1ccc3c(ccn3-c3ccccn3)c1)C2Cl. The Morgan fingerprint density at radius 3 is 2.70 bits per heavy atom. The molecular weight excluding hydrogens is 415 g/mol. The van der Waals surface area contributed by atoms with Gasteiger partial charge in [-0.1, -0.05) is 18.2 Å². The number of aromatic nitrogens is 5. The number of rotatable bonds is 3. The quantitative estimate of drug-likeness (QED) is 0.417. The molecule has 2 unspecified atom stereocenters. The van der Waals surface area contributed by atoms with Crippen molar-refractivity contribution in [3.8, 4) is 5.82 Å². The molecule has 30 heavy (non-hydrogen) atoms. The summed E-state index contributed by atoms with van der Waals surface area (Å²) in [5.41, 5.74) is 1.95. The van der Waals surface area contributed by atoms with Gasteiger partial charge in [0.2, 0.25) is 0 Å². The molecule has 0 saturated heterocycles. The van der Waals surface area contributed by atoms with Crippen LogP contribution in [0.1, 0.15) is 28.5 Å². The smallest absolute Gasteiger partial charge is 0.301 e. The Morgan fingerprint density at radius 1 is 1.07 bits per heavy atom. The molecule has 1 aromatic carbocycles. The van der Waals surface area contributed by atoms with Crippen molar-refractivity contribution in [2.45, 2.75) is 23.9 Å².